The zero-order valence-electron chi connectivity index (χ0n) is 17.8. The van der Waals surface area contributed by atoms with Crippen LogP contribution < -0.4 is 18.9 Å². The van der Waals surface area contributed by atoms with E-state index in [4.69, 9.17) is 18.9 Å². The lowest BCUT2D eigenvalue weighted by atomic mass is 10.1. The number of hydrogen-bond acceptors (Lipinski definition) is 6. The molecule has 0 saturated heterocycles. The molecule has 0 atom stereocenters. The Bertz CT molecular complexity index is 1050. The molecule has 0 aliphatic carbocycles. The molecule has 6 nitrogen and oxygen atoms in total. The SMILES string of the molecule is COc1ccc(CCC(=O)Oc2ccc(/C=C/c3ccncc3)cc2OC)cc1OC. The van der Waals surface area contributed by atoms with Crippen molar-refractivity contribution in [2.45, 2.75) is 12.8 Å². The number of ether oxygens (including phenoxy) is 4. The van der Waals surface area contributed by atoms with Gasteiger partial charge in [-0.1, -0.05) is 24.3 Å². The standard InChI is InChI=1S/C25H25NO5/c1-28-21-9-6-20(16-23(21)29-2)8-11-25(27)31-22-10-7-19(17-24(22)30-3)5-4-18-12-14-26-15-13-18/h4-7,9-10,12-17H,8,11H2,1-3H3/b5-4+. The van der Waals surface area contributed by atoms with E-state index in [0.717, 1.165) is 16.7 Å². The van der Waals surface area contributed by atoms with Crippen LogP contribution in [0.1, 0.15) is 23.1 Å². The van der Waals surface area contributed by atoms with E-state index >= 15 is 0 Å². The first-order valence-corrected chi connectivity index (χ1v) is 9.80. The van der Waals surface area contributed by atoms with Gasteiger partial charge in [0.1, 0.15) is 0 Å². The van der Waals surface area contributed by atoms with Crippen molar-refractivity contribution in [3.8, 4) is 23.0 Å². The van der Waals surface area contributed by atoms with Gasteiger partial charge in [-0.25, -0.2) is 0 Å². The number of methoxy groups -OCH3 is 3. The molecule has 0 bridgehead atoms. The second-order valence-electron chi connectivity index (χ2n) is 6.69. The number of rotatable bonds is 9. The van der Waals surface area contributed by atoms with E-state index in [0.29, 0.717) is 29.4 Å². The van der Waals surface area contributed by atoms with E-state index in [1.165, 1.54) is 0 Å². The van der Waals surface area contributed by atoms with Crippen LogP contribution in [-0.2, 0) is 11.2 Å². The predicted octanol–water partition coefficient (Wildman–Crippen LogP) is 4.82. The molecule has 0 fully saturated rings. The van der Waals surface area contributed by atoms with E-state index in [2.05, 4.69) is 4.98 Å². The molecule has 160 valence electrons. The number of pyridine rings is 1. The van der Waals surface area contributed by atoms with E-state index in [1.54, 1.807) is 39.8 Å². The van der Waals surface area contributed by atoms with Crippen molar-refractivity contribution in [2.75, 3.05) is 21.3 Å². The fourth-order valence-corrected chi connectivity index (χ4v) is 3.00. The van der Waals surface area contributed by atoms with Gasteiger partial charge in [0, 0.05) is 18.8 Å². The van der Waals surface area contributed by atoms with Gasteiger partial charge < -0.3 is 18.9 Å². The van der Waals surface area contributed by atoms with Crippen molar-refractivity contribution >= 4 is 18.1 Å². The number of esters is 1. The minimum atomic E-state index is -0.340. The molecule has 3 rings (SSSR count). The summed E-state index contributed by atoms with van der Waals surface area (Å²) < 4.78 is 21.5. The van der Waals surface area contributed by atoms with Gasteiger partial charge in [0.25, 0.3) is 0 Å². The molecule has 2 aromatic carbocycles. The third-order valence-corrected chi connectivity index (χ3v) is 4.65. The average molecular weight is 419 g/mol. The fourth-order valence-electron chi connectivity index (χ4n) is 3.00. The maximum absolute atomic E-state index is 12.4. The van der Waals surface area contributed by atoms with Crippen molar-refractivity contribution < 1.29 is 23.7 Å². The second kappa shape index (κ2) is 10.8. The Labute approximate surface area is 182 Å². The van der Waals surface area contributed by atoms with Crippen LogP contribution in [0.4, 0.5) is 0 Å². The summed E-state index contributed by atoms with van der Waals surface area (Å²) in [6, 6.07) is 14.9. The second-order valence-corrected chi connectivity index (χ2v) is 6.69. The van der Waals surface area contributed by atoms with Crippen LogP contribution in [0, 0.1) is 0 Å². The molecule has 0 aliphatic rings. The summed E-state index contributed by atoms with van der Waals surface area (Å²) in [5, 5.41) is 0. The first-order valence-electron chi connectivity index (χ1n) is 9.80. The smallest absolute Gasteiger partial charge is 0.311 e. The highest BCUT2D eigenvalue weighted by Crippen LogP contribution is 2.30. The topological polar surface area (TPSA) is 66.9 Å². The van der Waals surface area contributed by atoms with Crippen LogP contribution >= 0.6 is 0 Å². The molecule has 31 heavy (non-hydrogen) atoms. The third-order valence-electron chi connectivity index (χ3n) is 4.65. The van der Waals surface area contributed by atoms with Gasteiger partial charge in [-0.15, -0.1) is 0 Å². The first-order chi connectivity index (χ1) is 15.1. The molecule has 0 radical (unpaired) electrons. The Kier molecular flexibility index (Phi) is 7.65. The van der Waals surface area contributed by atoms with Crippen LogP contribution in [0.5, 0.6) is 23.0 Å². The zero-order chi connectivity index (χ0) is 22.1. The number of carbonyl (C=O) groups excluding carboxylic acids is 1. The molecule has 0 amide bonds. The summed E-state index contributed by atoms with van der Waals surface area (Å²) in [5.41, 5.74) is 2.93. The Morgan fingerprint density at radius 3 is 2.13 bits per heavy atom. The quantitative estimate of drug-likeness (QED) is 0.366. The molecular formula is C25H25NO5. The molecule has 0 N–H and O–H groups in total. The van der Waals surface area contributed by atoms with Crippen molar-refractivity contribution in [1.82, 2.24) is 4.98 Å². The Morgan fingerprint density at radius 2 is 1.42 bits per heavy atom. The third kappa shape index (κ3) is 6.09. The number of carbonyl (C=O) groups is 1. The van der Waals surface area contributed by atoms with E-state index in [-0.39, 0.29) is 12.4 Å². The Morgan fingerprint density at radius 1 is 0.774 bits per heavy atom. The molecule has 0 aliphatic heterocycles. The minimum absolute atomic E-state index is 0.225. The van der Waals surface area contributed by atoms with Gasteiger partial charge >= 0.3 is 5.97 Å². The summed E-state index contributed by atoms with van der Waals surface area (Å²) in [6.45, 7) is 0. The highest BCUT2D eigenvalue weighted by atomic mass is 16.6. The number of hydrogen-bond donors (Lipinski definition) is 0. The van der Waals surface area contributed by atoms with E-state index < -0.39 is 0 Å². The number of aryl methyl sites for hydroxylation is 1. The molecule has 1 aromatic heterocycles. The van der Waals surface area contributed by atoms with Crippen LogP contribution in [0.25, 0.3) is 12.2 Å². The number of aromatic nitrogens is 1. The summed E-state index contributed by atoms with van der Waals surface area (Å²) in [6.07, 6.45) is 8.16. The fraction of sp³-hybridized carbons (Fsp3) is 0.200. The zero-order valence-corrected chi connectivity index (χ0v) is 17.8. The Balaban J connectivity index is 1.62. The molecule has 6 heteroatoms. The van der Waals surface area contributed by atoms with Crippen LogP contribution in [-0.4, -0.2) is 32.3 Å². The number of nitrogens with zero attached hydrogens (tertiary/aromatic N) is 1. The summed E-state index contributed by atoms with van der Waals surface area (Å²) in [7, 11) is 4.72. The minimum Gasteiger partial charge on any atom is -0.493 e. The highest BCUT2D eigenvalue weighted by Gasteiger charge is 2.12. The first kappa shape index (κ1) is 21.9. The van der Waals surface area contributed by atoms with Gasteiger partial charge in [0.15, 0.2) is 23.0 Å². The highest BCUT2D eigenvalue weighted by molar-refractivity contribution is 5.75. The van der Waals surface area contributed by atoms with E-state index in [1.807, 2.05) is 54.6 Å². The van der Waals surface area contributed by atoms with Gasteiger partial charge in [-0.05, 0) is 59.5 Å². The molecule has 0 unspecified atom stereocenters. The Hall–Kier alpha value is -3.80. The van der Waals surface area contributed by atoms with Gasteiger partial charge in [0.2, 0.25) is 0 Å². The summed E-state index contributed by atoms with van der Waals surface area (Å²) in [5.74, 6) is 1.83. The molecule has 0 saturated carbocycles. The monoisotopic (exact) mass is 419 g/mol. The average Bonchev–Trinajstić information content (AvgIpc) is 2.82. The van der Waals surface area contributed by atoms with Crippen LogP contribution in [0.15, 0.2) is 60.9 Å². The maximum atomic E-state index is 12.4. The molecule has 1 heterocycles. The lowest BCUT2D eigenvalue weighted by Gasteiger charge is -2.11. The van der Waals surface area contributed by atoms with Gasteiger partial charge in [0.05, 0.1) is 21.3 Å². The van der Waals surface area contributed by atoms with Gasteiger partial charge in [-0.2, -0.15) is 0 Å². The van der Waals surface area contributed by atoms with Crippen molar-refractivity contribution in [1.29, 1.82) is 0 Å². The number of benzene rings is 2. The lowest BCUT2D eigenvalue weighted by molar-refractivity contribution is -0.134. The summed E-state index contributed by atoms with van der Waals surface area (Å²) in [4.78, 5) is 16.4. The largest absolute Gasteiger partial charge is 0.493 e. The van der Waals surface area contributed by atoms with E-state index in [9.17, 15) is 4.79 Å². The van der Waals surface area contributed by atoms with Crippen molar-refractivity contribution in [2.24, 2.45) is 0 Å². The molecule has 3 aromatic rings. The predicted molar refractivity (Wildman–Crippen MR) is 120 cm³/mol. The normalized spacial score (nSPS) is 10.7. The maximum Gasteiger partial charge on any atom is 0.311 e. The van der Waals surface area contributed by atoms with Gasteiger partial charge in [-0.3, -0.25) is 9.78 Å². The molecule has 0 spiro atoms. The summed E-state index contributed by atoms with van der Waals surface area (Å²) >= 11 is 0. The van der Waals surface area contributed by atoms with Crippen LogP contribution in [0.2, 0.25) is 0 Å². The lowest BCUT2D eigenvalue weighted by Crippen LogP contribution is -2.10. The van der Waals surface area contributed by atoms with Crippen molar-refractivity contribution in [3.63, 3.8) is 0 Å². The molecular weight excluding hydrogens is 394 g/mol. The van der Waals surface area contributed by atoms with Crippen LogP contribution in [0.3, 0.4) is 0 Å². The van der Waals surface area contributed by atoms with Crippen molar-refractivity contribution in [3.05, 3.63) is 77.6 Å².